The summed E-state index contributed by atoms with van der Waals surface area (Å²) in [5.74, 6) is 1.11. The van der Waals surface area contributed by atoms with E-state index in [1.165, 1.54) is 16.7 Å². The van der Waals surface area contributed by atoms with Gasteiger partial charge in [0.1, 0.15) is 0 Å². The summed E-state index contributed by atoms with van der Waals surface area (Å²) in [6, 6.07) is 21.6. The molecule has 0 bridgehead atoms. The summed E-state index contributed by atoms with van der Waals surface area (Å²) in [7, 11) is 0. The standard InChI is InChI=1S/C17H16S/c1-3-7-14(8-4-1)16-11-12-18-17(13-16)15-9-5-2-6-10-15/h1-11,17H,12-13H2. The zero-order valence-electron chi connectivity index (χ0n) is 10.3. The highest BCUT2D eigenvalue weighted by Crippen LogP contribution is 2.41. The Balaban J connectivity index is 1.82. The van der Waals surface area contributed by atoms with Crippen LogP contribution in [0.25, 0.3) is 5.57 Å². The van der Waals surface area contributed by atoms with Crippen LogP contribution in [0.1, 0.15) is 22.8 Å². The smallest absolute Gasteiger partial charge is 0.0340 e. The van der Waals surface area contributed by atoms with E-state index in [9.17, 15) is 0 Å². The van der Waals surface area contributed by atoms with Gasteiger partial charge in [0, 0.05) is 11.0 Å². The summed E-state index contributed by atoms with van der Waals surface area (Å²) < 4.78 is 0. The first-order chi connectivity index (χ1) is 8.93. The molecule has 0 saturated carbocycles. The zero-order valence-corrected chi connectivity index (χ0v) is 11.1. The van der Waals surface area contributed by atoms with E-state index in [1.807, 2.05) is 11.8 Å². The van der Waals surface area contributed by atoms with Crippen molar-refractivity contribution in [3.8, 4) is 0 Å². The van der Waals surface area contributed by atoms with E-state index in [4.69, 9.17) is 0 Å². The van der Waals surface area contributed by atoms with Crippen LogP contribution in [0.4, 0.5) is 0 Å². The SMILES string of the molecule is C1=C(c2ccccc2)CC(c2ccccc2)SC1. The Bertz CT molecular complexity index is 528. The molecule has 0 aliphatic carbocycles. The van der Waals surface area contributed by atoms with Gasteiger partial charge in [0.05, 0.1) is 0 Å². The van der Waals surface area contributed by atoms with Gasteiger partial charge in [-0.3, -0.25) is 0 Å². The second-order valence-corrected chi connectivity index (χ2v) is 5.77. The molecular formula is C17H16S. The van der Waals surface area contributed by atoms with E-state index in [0.29, 0.717) is 5.25 Å². The number of benzene rings is 2. The lowest BCUT2D eigenvalue weighted by molar-refractivity contribution is 0.974. The van der Waals surface area contributed by atoms with Crippen molar-refractivity contribution >= 4 is 17.3 Å². The Kier molecular flexibility index (Phi) is 3.51. The van der Waals surface area contributed by atoms with Gasteiger partial charge in [0.25, 0.3) is 0 Å². The Morgan fingerprint density at radius 3 is 2.22 bits per heavy atom. The van der Waals surface area contributed by atoms with Crippen molar-refractivity contribution in [2.24, 2.45) is 0 Å². The van der Waals surface area contributed by atoms with Crippen LogP contribution in [0.15, 0.2) is 66.7 Å². The minimum Gasteiger partial charge on any atom is -0.149 e. The van der Waals surface area contributed by atoms with Crippen LogP contribution in [-0.2, 0) is 0 Å². The van der Waals surface area contributed by atoms with Crippen LogP contribution in [0.2, 0.25) is 0 Å². The second-order valence-electron chi connectivity index (χ2n) is 4.53. The van der Waals surface area contributed by atoms with Gasteiger partial charge in [-0.05, 0) is 23.1 Å². The Labute approximate surface area is 113 Å². The van der Waals surface area contributed by atoms with Crippen molar-refractivity contribution in [1.29, 1.82) is 0 Å². The van der Waals surface area contributed by atoms with Gasteiger partial charge in [-0.2, -0.15) is 0 Å². The predicted octanol–water partition coefficient (Wildman–Crippen LogP) is 4.95. The fourth-order valence-electron chi connectivity index (χ4n) is 2.38. The third-order valence-electron chi connectivity index (χ3n) is 3.35. The number of hydrogen-bond acceptors (Lipinski definition) is 1. The average Bonchev–Trinajstić information content (AvgIpc) is 2.49. The molecule has 1 heteroatoms. The van der Waals surface area contributed by atoms with E-state index in [1.54, 1.807) is 0 Å². The largest absolute Gasteiger partial charge is 0.149 e. The predicted molar refractivity (Wildman–Crippen MR) is 80.7 cm³/mol. The maximum atomic E-state index is 2.37. The summed E-state index contributed by atoms with van der Waals surface area (Å²) in [6.07, 6.45) is 3.51. The molecule has 90 valence electrons. The van der Waals surface area contributed by atoms with Crippen molar-refractivity contribution in [2.45, 2.75) is 11.7 Å². The minimum absolute atomic E-state index is 0.603. The first-order valence-electron chi connectivity index (χ1n) is 6.34. The van der Waals surface area contributed by atoms with E-state index in [-0.39, 0.29) is 0 Å². The Morgan fingerprint density at radius 2 is 1.50 bits per heavy atom. The topological polar surface area (TPSA) is 0 Å². The number of hydrogen-bond donors (Lipinski definition) is 0. The van der Waals surface area contributed by atoms with Crippen molar-refractivity contribution < 1.29 is 0 Å². The van der Waals surface area contributed by atoms with Crippen molar-refractivity contribution in [1.82, 2.24) is 0 Å². The van der Waals surface area contributed by atoms with Crippen molar-refractivity contribution in [2.75, 3.05) is 5.75 Å². The third-order valence-corrected chi connectivity index (χ3v) is 4.55. The van der Waals surface area contributed by atoms with Crippen LogP contribution in [0, 0.1) is 0 Å². The first kappa shape index (κ1) is 11.6. The molecule has 1 unspecified atom stereocenters. The molecule has 3 rings (SSSR count). The Morgan fingerprint density at radius 1 is 0.833 bits per heavy atom. The molecular weight excluding hydrogens is 236 g/mol. The monoisotopic (exact) mass is 252 g/mol. The molecule has 1 atom stereocenters. The molecule has 18 heavy (non-hydrogen) atoms. The van der Waals surface area contributed by atoms with Crippen molar-refractivity contribution in [3.63, 3.8) is 0 Å². The number of rotatable bonds is 2. The van der Waals surface area contributed by atoms with Crippen LogP contribution < -0.4 is 0 Å². The lowest BCUT2D eigenvalue weighted by Gasteiger charge is -2.23. The molecule has 0 amide bonds. The third kappa shape index (κ3) is 2.51. The molecule has 0 saturated heterocycles. The molecule has 0 spiro atoms. The molecule has 0 N–H and O–H groups in total. The fraction of sp³-hybridized carbons (Fsp3) is 0.176. The minimum atomic E-state index is 0.603. The summed E-state index contributed by atoms with van der Waals surface area (Å²) in [5, 5.41) is 0.603. The van der Waals surface area contributed by atoms with Gasteiger partial charge in [0.2, 0.25) is 0 Å². The van der Waals surface area contributed by atoms with E-state index < -0.39 is 0 Å². The van der Waals surface area contributed by atoms with Gasteiger partial charge < -0.3 is 0 Å². The zero-order chi connectivity index (χ0) is 12.2. The molecule has 2 aromatic carbocycles. The summed E-state index contributed by atoms with van der Waals surface area (Å²) >= 11 is 2.04. The van der Waals surface area contributed by atoms with Gasteiger partial charge in [-0.1, -0.05) is 66.7 Å². The molecule has 2 aromatic rings. The van der Waals surface area contributed by atoms with E-state index in [0.717, 1.165) is 12.2 Å². The first-order valence-corrected chi connectivity index (χ1v) is 7.39. The maximum absolute atomic E-state index is 2.37. The van der Waals surface area contributed by atoms with E-state index >= 15 is 0 Å². The number of thioether (sulfide) groups is 1. The average molecular weight is 252 g/mol. The highest BCUT2D eigenvalue weighted by molar-refractivity contribution is 7.99. The summed E-state index contributed by atoms with van der Waals surface area (Å²) in [5.41, 5.74) is 4.31. The van der Waals surface area contributed by atoms with Gasteiger partial charge in [-0.15, -0.1) is 11.8 Å². The van der Waals surface area contributed by atoms with Gasteiger partial charge in [0.15, 0.2) is 0 Å². The lowest BCUT2D eigenvalue weighted by Crippen LogP contribution is -2.02. The highest BCUT2D eigenvalue weighted by Gasteiger charge is 2.18. The normalized spacial score (nSPS) is 19.3. The molecule has 0 aromatic heterocycles. The quantitative estimate of drug-likeness (QED) is 0.729. The molecule has 1 aliphatic heterocycles. The fourth-order valence-corrected chi connectivity index (χ4v) is 3.55. The van der Waals surface area contributed by atoms with Crippen LogP contribution in [-0.4, -0.2) is 5.75 Å². The van der Waals surface area contributed by atoms with Crippen molar-refractivity contribution in [3.05, 3.63) is 77.9 Å². The molecule has 1 aliphatic rings. The molecule has 0 radical (unpaired) electrons. The summed E-state index contributed by atoms with van der Waals surface area (Å²) in [6.45, 7) is 0. The second kappa shape index (κ2) is 5.45. The van der Waals surface area contributed by atoms with Crippen LogP contribution >= 0.6 is 11.8 Å². The lowest BCUT2D eigenvalue weighted by atomic mass is 9.97. The highest BCUT2D eigenvalue weighted by atomic mass is 32.2. The maximum Gasteiger partial charge on any atom is 0.0340 e. The molecule has 1 heterocycles. The molecule has 0 fully saturated rings. The molecule has 0 nitrogen and oxygen atoms in total. The Hall–Kier alpha value is -1.47. The van der Waals surface area contributed by atoms with Gasteiger partial charge >= 0.3 is 0 Å². The van der Waals surface area contributed by atoms with Crippen LogP contribution in [0.5, 0.6) is 0 Å². The van der Waals surface area contributed by atoms with Gasteiger partial charge in [-0.25, -0.2) is 0 Å². The summed E-state index contributed by atoms with van der Waals surface area (Å²) in [4.78, 5) is 0. The number of allylic oxidation sites excluding steroid dienone is 1. The van der Waals surface area contributed by atoms with E-state index in [2.05, 4.69) is 66.7 Å². The van der Waals surface area contributed by atoms with Crippen LogP contribution in [0.3, 0.4) is 0 Å².